The molecule has 0 aliphatic carbocycles. The van der Waals surface area contributed by atoms with E-state index >= 15 is 0 Å². The van der Waals surface area contributed by atoms with Crippen LogP contribution in [0.2, 0.25) is 0 Å². The molecule has 6 atom stereocenters. The van der Waals surface area contributed by atoms with Crippen molar-refractivity contribution in [1.82, 2.24) is 0 Å². The Kier molecular flexibility index (Phi) is 38.2. The number of carbonyl (C=O) groups is 3. The molecule has 0 spiro atoms. The van der Waals surface area contributed by atoms with Crippen LogP contribution in [0.5, 0.6) is 0 Å². The second-order valence-corrected chi connectivity index (χ2v) is 16.1. The van der Waals surface area contributed by atoms with Crippen LogP contribution in [0, 0.1) is 0 Å². The van der Waals surface area contributed by atoms with Crippen molar-refractivity contribution in [2.75, 3.05) is 19.8 Å². The van der Waals surface area contributed by atoms with Crippen LogP contribution in [0.3, 0.4) is 0 Å². The van der Waals surface area contributed by atoms with E-state index in [1.807, 2.05) is 18.2 Å². The lowest BCUT2D eigenvalue weighted by Crippen LogP contribution is -2.34. The predicted octanol–water partition coefficient (Wildman–Crippen LogP) is 8.75. The molecule has 0 aromatic rings. The summed E-state index contributed by atoms with van der Waals surface area (Å²) < 4.78 is 32.4. The molecular formula is C48H76NO13P. The first-order valence-electron chi connectivity index (χ1n) is 22.2. The summed E-state index contributed by atoms with van der Waals surface area (Å²) >= 11 is 0. The third-order valence-corrected chi connectivity index (χ3v) is 9.82. The summed E-state index contributed by atoms with van der Waals surface area (Å²) in [7, 11) is -4.83. The Balaban J connectivity index is 4.81. The third kappa shape index (κ3) is 39.4. The van der Waals surface area contributed by atoms with E-state index in [-0.39, 0.29) is 25.7 Å². The summed E-state index contributed by atoms with van der Waals surface area (Å²) in [6.07, 6.45) is 42.5. The summed E-state index contributed by atoms with van der Waals surface area (Å²) in [5, 5.41) is 39.3. The Bertz CT molecular complexity index is 1530. The number of phosphoric ester groups is 1. The number of rotatable bonds is 39. The zero-order valence-electron chi connectivity index (χ0n) is 37.4. The minimum atomic E-state index is -4.83. The first-order valence-corrected chi connectivity index (χ1v) is 23.7. The molecule has 0 aromatic carbocycles. The lowest BCUT2D eigenvalue weighted by Gasteiger charge is -2.20. The summed E-state index contributed by atoms with van der Waals surface area (Å²) in [6.45, 7) is 2.22. The number of hydrogen-bond donors (Lipinski definition) is 6. The van der Waals surface area contributed by atoms with Crippen LogP contribution >= 0.6 is 7.82 Å². The van der Waals surface area contributed by atoms with E-state index in [2.05, 4.69) is 60.9 Å². The van der Waals surface area contributed by atoms with Crippen LogP contribution in [0.4, 0.5) is 0 Å². The molecule has 356 valence electrons. The highest BCUT2D eigenvalue weighted by molar-refractivity contribution is 7.47. The smallest absolute Gasteiger partial charge is 0.472 e. The molecule has 15 heteroatoms. The molecule has 0 aliphatic rings. The zero-order valence-corrected chi connectivity index (χ0v) is 38.3. The summed E-state index contributed by atoms with van der Waals surface area (Å²) in [5.41, 5.74) is 5.31. The van der Waals surface area contributed by atoms with Gasteiger partial charge in [-0.1, -0.05) is 155 Å². The zero-order chi connectivity index (χ0) is 46.8. The quantitative estimate of drug-likeness (QED) is 0.0111. The van der Waals surface area contributed by atoms with E-state index in [0.717, 1.165) is 51.4 Å². The summed E-state index contributed by atoms with van der Waals surface area (Å²) in [5.74, 6) is -2.87. The maximum atomic E-state index is 12.6. The molecule has 0 radical (unpaired) electrons. The Hall–Kier alpha value is -3.98. The van der Waals surface area contributed by atoms with Crippen molar-refractivity contribution in [2.45, 2.75) is 153 Å². The maximum Gasteiger partial charge on any atom is 0.472 e. The number of aliphatic hydroxyl groups is 3. The molecular weight excluding hydrogens is 829 g/mol. The number of phosphoric acid groups is 1. The van der Waals surface area contributed by atoms with Gasteiger partial charge in [0.05, 0.1) is 31.5 Å². The van der Waals surface area contributed by atoms with E-state index < -0.39 is 76.0 Å². The molecule has 0 amide bonds. The van der Waals surface area contributed by atoms with Crippen molar-refractivity contribution in [2.24, 2.45) is 5.73 Å². The van der Waals surface area contributed by atoms with Gasteiger partial charge in [0.1, 0.15) is 12.6 Å². The van der Waals surface area contributed by atoms with Gasteiger partial charge >= 0.3 is 25.7 Å². The average molecular weight is 906 g/mol. The van der Waals surface area contributed by atoms with Gasteiger partial charge in [0.25, 0.3) is 0 Å². The van der Waals surface area contributed by atoms with Crippen LogP contribution < -0.4 is 5.73 Å². The molecule has 63 heavy (non-hydrogen) atoms. The molecule has 0 bridgehead atoms. The van der Waals surface area contributed by atoms with Crippen molar-refractivity contribution in [1.29, 1.82) is 0 Å². The summed E-state index contributed by atoms with van der Waals surface area (Å²) in [4.78, 5) is 46.0. The number of ether oxygens (including phenoxy) is 2. The molecule has 0 aromatic heterocycles. The molecule has 0 rings (SSSR count). The van der Waals surface area contributed by atoms with Gasteiger partial charge in [-0.25, -0.2) is 4.57 Å². The molecule has 0 aliphatic heterocycles. The van der Waals surface area contributed by atoms with Crippen LogP contribution in [0.1, 0.15) is 123 Å². The SMILES string of the molecule is CCCCC/C=C\C/C=C\C/C=C\C/C=C\C/C=C\CCC(=O)O[C@H](COC(=O)CCC[C@@H](O)[C@H](O)/C=C/C=C/C=C\C=C\[C@H](O)CCCCC)COP(=O)(O)OC[C@H](N)C(=O)O. The Labute approximate surface area is 375 Å². The number of nitrogens with two attached hydrogens (primary N) is 1. The van der Waals surface area contributed by atoms with Crippen molar-refractivity contribution in [3.05, 3.63) is 109 Å². The Morgan fingerprint density at radius 1 is 0.603 bits per heavy atom. The second kappa shape index (κ2) is 40.8. The van der Waals surface area contributed by atoms with Gasteiger partial charge in [-0.3, -0.25) is 23.4 Å². The van der Waals surface area contributed by atoms with Crippen LogP contribution in [-0.4, -0.2) is 93.5 Å². The third-order valence-electron chi connectivity index (χ3n) is 8.87. The van der Waals surface area contributed by atoms with Gasteiger partial charge in [-0.05, 0) is 64.2 Å². The molecule has 1 unspecified atom stereocenters. The highest BCUT2D eigenvalue weighted by Gasteiger charge is 2.28. The van der Waals surface area contributed by atoms with Crippen molar-refractivity contribution < 1.29 is 62.8 Å². The highest BCUT2D eigenvalue weighted by Crippen LogP contribution is 2.43. The predicted molar refractivity (Wildman–Crippen MR) is 248 cm³/mol. The van der Waals surface area contributed by atoms with E-state index in [0.29, 0.717) is 12.8 Å². The molecule has 0 saturated heterocycles. The van der Waals surface area contributed by atoms with Crippen molar-refractivity contribution in [3.8, 4) is 0 Å². The highest BCUT2D eigenvalue weighted by atomic mass is 31.2. The van der Waals surface area contributed by atoms with Gasteiger partial charge in [-0.2, -0.15) is 0 Å². The Morgan fingerprint density at radius 2 is 1.13 bits per heavy atom. The van der Waals surface area contributed by atoms with E-state index in [1.165, 1.54) is 25.3 Å². The standard InChI is InChI=1S/C48H76NO13P/c1-3-5-7-8-9-10-11-12-13-14-15-16-17-18-19-20-21-26-30-36-47(54)62-42(39-60-63(57,58)61-40-43(49)48(55)56)38-59-46(53)37-31-35-45(52)44(51)34-29-25-23-22-24-28-33-41(50)32-27-6-4-2/h9-10,12-13,15-16,18-19,21-26,28-29,33-34,41-45,50-52H,3-8,11,14,17,20,27,30-32,35-40,49H2,1-2H3,(H,55,56)(H,57,58)/b10-9-,13-12-,16-15-,19-18-,24-22-,25-23+,26-21-,33-28+,34-29+/t41-,42-,43+,44-,45-/m1/s1. The number of esters is 2. The second-order valence-electron chi connectivity index (χ2n) is 14.7. The van der Waals surface area contributed by atoms with Gasteiger partial charge in [-0.15, -0.1) is 0 Å². The first-order chi connectivity index (χ1) is 30.3. The molecule has 0 saturated carbocycles. The number of unbranched alkanes of at least 4 members (excludes halogenated alkanes) is 5. The van der Waals surface area contributed by atoms with E-state index in [4.69, 9.17) is 24.8 Å². The molecule has 0 fully saturated rings. The normalized spacial score (nSPS) is 16.2. The number of aliphatic hydroxyl groups excluding tert-OH is 3. The van der Waals surface area contributed by atoms with Crippen LogP contribution in [-0.2, 0) is 37.5 Å². The van der Waals surface area contributed by atoms with Crippen LogP contribution in [0.15, 0.2) is 109 Å². The molecule has 0 heterocycles. The topological polar surface area (TPSA) is 232 Å². The largest absolute Gasteiger partial charge is 0.480 e. The van der Waals surface area contributed by atoms with Crippen molar-refractivity contribution >= 4 is 25.7 Å². The molecule has 14 nitrogen and oxygen atoms in total. The lowest BCUT2D eigenvalue weighted by molar-refractivity contribution is -0.161. The van der Waals surface area contributed by atoms with Gasteiger partial charge in [0.2, 0.25) is 0 Å². The Morgan fingerprint density at radius 3 is 1.71 bits per heavy atom. The minimum Gasteiger partial charge on any atom is -0.480 e. The number of carbonyl (C=O) groups excluding carboxylic acids is 2. The van der Waals surface area contributed by atoms with Gasteiger partial charge in [0.15, 0.2) is 6.10 Å². The fraction of sp³-hybridized carbons (Fsp3) is 0.562. The van der Waals surface area contributed by atoms with Gasteiger partial charge < -0.3 is 40.5 Å². The summed E-state index contributed by atoms with van der Waals surface area (Å²) in [6, 6.07) is -1.59. The number of hydrogen-bond acceptors (Lipinski definition) is 12. The first kappa shape index (κ1) is 59.0. The maximum absolute atomic E-state index is 12.6. The fourth-order valence-electron chi connectivity index (χ4n) is 5.19. The number of carboxylic acid groups (broad SMARTS) is 1. The monoisotopic (exact) mass is 906 g/mol. The average Bonchev–Trinajstić information content (AvgIpc) is 3.25. The number of carboxylic acids is 1. The van der Waals surface area contributed by atoms with Crippen LogP contribution in [0.25, 0.3) is 0 Å². The van der Waals surface area contributed by atoms with Crippen molar-refractivity contribution in [3.63, 3.8) is 0 Å². The fourth-order valence-corrected chi connectivity index (χ4v) is 5.97. The number of allylic oxidation sites excluding steroid dienone is 16. The minimum absolute atomic E-state index is 0.0426. The lowest BCUT2D eigenvalue weighted by atomic mass is 10.1. The van der Waals surface area contributed by atoms with E-state index in [1.54, 1.807) is 42.5 Å². The van der Waals surface area contributed by atoms with E-state index in [9.17, 15) is 39.2 Å². The number of aliphatic carboxylic acids is 1. The molecule has 7 N–H and O–H groups in total. The van der Waals surface area contributed by atoms with Gasteiger partial charge in [0, 0.05) is 12.8 Å².